The van der Waals surface area contributed by atoms with E-state index in [1.807, 2.05) is 25.1 Å². The lowest BCUT2D eigenvalue weighted by molar-refractivity contribution is 0.411. The Kier molecular flexibility index (Phi) is 4.68. The highest BCUT2D eigenvalue weighted by molar-refractivity contribution is 5.43. The quantitative estimate of drug-likeness (QED) is 0.869. The van der Waals surface area contributed by atoms with Gasteiger partial charge in [-0.25, -0.2) is 0 Å². The molecule has 0 amide bonds. The largest absolute Gasteiger partial charge is 0.496 e. The normalized spacial score (nSPS) is 11.1. The second kappa shape index (κ2) is 6.47. The van der Waals surface area contributed by atoms with Crippen LogP contribution in [-0.4, -0.2) is 33.9 Å². The number of ether oxygens (including phenoxy) is 1. The summed E-state index contributed by atoms with van der Waals surface area (Å²) in [6.07, 6.45) is 0. The summed E-state index contributed by atoms with van der Waals surface area (Å²) < 4.78 is 7.02. The van der Waals surface area contributed by atoms with Crippen LogP contribution in [0.25, 0.3) is 5.69 Å². The van der Waals surface area contributed by atoms with Crippen LogP contribution in [0.1, 0.15) is 25.2 Å². The van der Waals surface area contributed by atoms with E-state index >= 15 is 0 Å². The average molecular weight is 275 g/mol. The molecule has 2 aromatic rings. The van der Waals surface area contributed by atoms with Crippen molar-refractivity contribution < 1.29 is 4.74 Å². The van der Waals surface area contributed by atoms with Crippen molar-refractivity contribution >= 4 is 0 Å². The van der Waals surface area contributed by atoms with E-state index in [0.717, 1.165) is 29.4 Å². The van der Waals surface area contributed by atoms with Gasteiger partial charge in [0.2, 0.25) is 0 Å². The number of hydrogen-bond acceptors (Lipinski definition) is 5. The monoisotopic (exact) mass is 275 g/mol. The van der Waals surface area contributed by atoms with Gasteiger partial charge in [-0.1, -0.05) is 13.8 Å². The Balaban J connectivity index is 2.17. The van der Waals surface area contributed by atoms with Crippen molar-refractivity contribution in [2.75, 3.05) is 13.7 Å². The van der Waals surface area contributed by atoms with Crippen molar-refractivity contribution in [1.82, 2.24) is 25.5 Å². The highest BCUT2D eigenvalue weighted by atomic mass is 16.5. The van der Waals surface area contributed by atoms with Gasteiger partial charge < -0.3 is 10.1 Å². The number of nitrogens with zero attached hydrogens (tertiary/aromatic N) is 4. The summed E-state index contributed by atoms with van der Waals surface area (Å²) in [5, 5.41) is 15.2. The second-order valence-corrected chi connectivity index (χ2v) is 5.19. The molecular weight excluding hydrogens is 254 g/mol. The van der Waals surface area contributed by atoms with E-state index < -0.39 is 0 Å². The third-order valence-electron chi connectivity index (χ3n) is 2.99. The summed E-state index contributed by atoms with van der Waals surface area (Å²) in [6, 6.07) is 5.90. The number of benzene rings is 1. The highest BCUT2D eigenvalue weighted by Gasteiger charge is 2.09. The standard InChI is InChI=1S/C14H21N5O/c1-10(2)8-15-9-14-16-17-18-19(14)12-5-6-13(20-4)11(3)7-12/h5-7,10,15H,8-9H2,1-4H3. The lowest BCUT2D eigenvalue weighted by Crippen LogP contribution is -2.21. The molecule has 0 spiro atoms. The molecule has 0 aliphatic carbocycles. The molecule has 1 N–H and O–H groups in total. The van der Waals surface area contributed by atoms with Crippen LogP contribution < -0.4 is 10.1 Å². The van der Waals surface area contributed by atoms with Crippen molar-refractivity contribution in [2.24, 2.45) is 5.92 Å². The zero-order valence-electron chi connectivity index (χ0n) is 12.4. The van der Waals surface area contributed by atoms with Gasteiger partial charge in [-0.3, -0.25) is 0 Å². The van der Waals surface area contributed by atoms with Crippen LogP contribution in [0.5, 0.6) is 5.75 Å². The first-order valence-corrected chi connectivity index (χ1v) is 6.74. The lowest BCUT2D eigenvalue weighted by Gasteiger charge is -2.10. The van der Waals surface area contributed by atoms with Crippen molar-refractivity contribution in [3.05, 3.63) is 29.6 Å². The predicted octanol–water partition coefficient (Wildman–Crippen LogP) is 1.72. The zero-order chi connectivity index (χ0) is 14.5. The Morgan fingerprint density at radius 2 is 2.15 bits per heavy atom. The van der Waals surface area contributed by atoms with E-state index in [1.54, 1.807) is 11.8 Å². The van der Waals surface area contributed by atoms with Crippen molar-refractivity contribution in [1.29, 1.82) is 0 Å². The smallest absolute Gasteiger partial charge is 0.170 e. The third kappa shape index (κ3) is 3.33. The average Bonchev–Trinajstić information content (AvgIpc) is 2.86. The molecule has 0 aliphatic rings. The van der Waals surface area contributed by atoms with Crippen LogP contribution in [0, 0.1) is 12.8 Å². The Labute approximate surface area is 119 Å². The molecule has 0 saturated heterocycles. The van der Waals surface area contributed by atoms with Gasteiger partial charge in [0.15, 0.2) is 5.82 Å². The molecule has 6 heteroatoms. The maximum Gasteiger partial charge on any atom is 0.170 e. The first-order valence-electron chi connectivity index (χ1n) is 6.74. The number of tetrazole rings is 1. The van der Waals surface area contributed by atoms with E-state index in [9.17, 15) is 0 Å². The van der Waals surface area contributed by atoms with Gasteiger partial charge in [0.25, 0.3) is 0 Å². The Bertz CT molecular complexity index is 564. The summed E-state index contributed by atoms with van der Waals surface area (Å²) in [6.45, 7) is 7.93. The first kappa shape index (κ1) is 14.5. The fraction of sp³-hybridized carbons (Fsp3) is 0.500. The molecule has 6 nitrogen and oxygen atoms in total. The third-order valence-corrected chi connectivity index (χ3v) is 2.99. The van der Waals surface area contributed by atoms with Gasteiger partial charge in [-0.2, -0.15) is 4.68 Å². The van der Waals surface area contributed by atoms with Gasteiger partial charge in [0.05, 0.1) is 19.3 Å². The number of rotatable bonds is 6. The van der Waals surface area contributed by atoms with E-state index in [1.165, 1.54) is 0 Å². The molecule has 0 atom stereocenters. The van der Waals surface area contributed by atoms with Gasteiger partial charge in [-0.15, -0.1) is 5.10 Å². The van der Waals surface area contributed by atoms with Gasteiger partial charge in [0.1, 0.15) is 5.75 Å². The molecule has 108 valence electrons. The lowest BCUT2D eigenvalue weighted by atomic mass is 10.2. The van der Waals surface area contributed by atoms with Crippen LogP contribution >= 0.6 is 0 Å². The number of nitrogens with one attached hydrogen (secondary N) is 1. The summed E-state index contributed by atoms with van der Waals surface area (Å²) >= 11 is 0. The Morgan fingerprint density at radius 1 is 1.35 bits per heavy atom. The summed E-state index contributed by atoms with van der Waals surface area (Å²) in [4.78, 5) is 0. The molecule has 20 heavy (non-hydrogen) atoms. The Hall–Kier alpha value is -1.95. The van der Waals surface area contributed by atoms with Crippen LogP contribution in [0.15, 0.2) is 18.2 Å². The molecule has 1 aromatic carbocycles. The van der Waals surface area contributed by atoms with E-state index in [-0.39, 0.29) is 0 Å². The fourth-order valence-corrected chi connectivity index (χ4v) is 1.98. The van der Waals surface area contributed by atoms with E-state index in [4.69, 9.17) is 4.74 Å². The minimum Gasteiger partial charge on any atom is -0.496 e. The van der Waals surface area contributed by atoms with Crippen molar-refractivity contribution in [3.63, 3.8) is 0 Å². The molecule has 0 radical (unpaired) electrons. The van der Waals surface area contributed by atoms with Crippen LogP contribution in [0.2, 0.25) is 0 Å². The molecule has 0 saturated carbocycles. The number of aromatic nitrogens is 4. The molecule has 1 aromatic heterocycles. The Morgan fingerprint density at radius 3 is 2.80 bits per heavy atom. The van der Waals surface area contributed by atoms with Gasteiger partial charge in [-0.05, 0) is 53.6 Å². The molecule has 0 unspecified atom stereocenters. The molecule has 1 heterocycles. The first-order chi connectivity index (χ1) is 9.61. The second-order valence-electron chi connectivity index (χ2n) is 5.19. The highest BCUT2D eigenvalue weighted by Crippen LogP contribution is 2.20. The predicted molar refractivity (Wildman–Crippen MR) is 77.0 cm³/mol. The summed E-state index contributed by atoms with van der Waals surface area (Å²) in [5.41, 5.74) is 2.00. The van der Waals surface area contributed by atoms with Gasteiger partial charge >= 0.3 is 0 Å². The zero-order valence-corrected chi connectivity index (χ0v) is 12.4. The SMILES string of the molecule is COc1ccc(-n2nnnc2CNCC(C)C)cc1C. The van der Waals surface area contributed by atoms with Crippen molar-refractivity contribution in [2.45, 2.75) is 27.3 Å². The van der Waals surface area contributed by atoms with E-state index in [2.05, 4.69) is 34.7 Å². The fourth-order valence-electron chi connectivity index (χ4n) is 1.98. The summed E-state index contributed by atoms with van der Waals surface area (Å²) in [7, 11) is 1.67. The van der Waals surface area contributed by atoms with Gasteiger partial charge in [0, 0.05) is 0 Å². The number of hydrogen-bond donors (Lipinski definition) is 1. The maximum atomic E-state index is 5.27. The van der Waals surface area contributed by atoms with Crippen LogP contribution in [0.4, 0.5) is 0 Å². The molecule has 0 bridgehead atoms. The molecular formula is C14H21N5O. The number of aryl methyl sites for hydroxylation is 1. The topological polar surface area (TPSA) is 64.9 Å². The van der Waals surface area contributed by atoms with Crippen LogP contribution in [-0.2, 0) is 6.54 Å². The molecule has 0 aliphatic heterocycles. The summed E-state index contributed by atoms with van der Waals surface area (Å²) in [5.74, 6) is 2.26. The molecule has 2 rings (SSSR count). The van der Waals surface area contributed by atoms with Crippen molar-refractivity contribution in [3.8, 4) is 11.4 Å². The van der Waals surface area contributed by atoms with Crippen LogP contribution in [0.3, 0.4) is 0 Å². The molecule has 0 fully saturated rings. The number of methoxy groups -OCH3 is 1. The minimum absolute atomic E-state index is 0.600. The van der Waals surface area contributed by atoms with E-state index in [0.29, 0.717) is 12.5 Å². The minimum atomic E-state index is 0.600. The maximum absolute atomic E-state index is 5.27.